The molecule has 0 radical (unpaired) electrons. The molecule has 374 valence electrons. The van der Waals surface area contributed by atoms with Gasteiger partial charge in [0.05, 0.1) is 43.7 Å². The molecule has 7 fully saturated rings. The molecule has 3 aliphatic heterocycles. The van der Waals surface area contributed by atoms with Crippen LogP contribution >= 0.6 is 0 Å². The lowest BCUT2D eigenvalue weighted by atomic mass is 9.35. The van der Waals surface area contributed by atoms with Gasteiger partial charge < -0.3 is 89.4 Å². The number of fused-ring (bicyclic) bond motifs is 5. The van der Waals surface area contributed by atoms with E-state index in [9.17, 15) is 61.0 Å². The van der Waals surface area contributed by atoms with Crippen LogP contribution in [0.15, 0.2) is 11.6 Å². The van der Waals surface area contributed by atoms with Crippen LogP contribution in [0.4, 0.5) is 0 Å². The summed E-state index contributed by atoms with van der Waals surface area (Å²) in [4.78, 5) is 14.0. The topological polar surface area (TPSA) is 295 Å². The molecule has 0 aromatic carbocycles. The van der Waals surface area contributed by atoms with Gasteiger partial charge >= 0.3 is 0 Å². The van der Waals surface area contributed by atoms with E-state index >= 15 is 0 Å². The molecule has 18 heteroatoms. The summed E-state index contributed by atoms with van der Waals surface area (Å²) in [6, 6.07) is 0. The number of hydrogen-bond acceptors (Lipinski definition) is 18. The molecule has 0 bridgehead atoms. The van der Waals surface area contributed by atoms with Gasteiger partial charge in [-0.3, -0.25) is 0 Å². The molecule has 18 nitrogen and oxygen atoms in total. The smallest absolute Gasteiger partial charge is 0.187 e. The van der Waals surface area contributed by atoms with Gasteiger partial charge in [-0.25, -0.2) is 0 Å². The Bertz CT molecular complexity index is 1680. The second kappa shape index (κ2) is 19.1. The van der Waals surface area contributed by atoms with Crippen molar-refractivity contribution in [1.82, 2.24) is 0 Å². The molecule has 0 aromatic heterocycles. The Morgan fingerprint density at radius 2 is 1.40 bits per heavy atom. The molecular weight excluding hydrogens is 852 g/mol. The SMILES string of the molecule is CC(C)=CCC[C@@](O)(CO[C@@H]1O[C@H](CO)[C@@H](O)[C@H](O)[C@H]1O)[C@H]1CC[C@]2(C)[C@@H]1[C@H](O)C[C@@H]1[C@]3(C=O)CC[C@@H](O[C@H]4OC[C@H](O)[C@H](O)[C@H]4O[C@@H]4O[C@@H](C)[C@H](O)[C@@H](O)[C@H]4O)C(C)(C)[C@H]3CC[C@]12C. The first kappa shape index (κ1) is 51.6. The zero-order chi connectivity index (χ0) is 47.8. The van der Waals surface area contributed by atoms with Crippen LogP contribution in [0.25, 0.3) is 0 Å². The van der Waals surface area contributed by atoms with Gasteiger partial charge in [0, 0.05) is 5.41 Å². The lowest BCUT2D eigenvalue weighted by Gasteiger charge is -2.70. The minimum absolute atomic E-state index is 0.207. The first-order valence-corrected chi connectivity index (χ1v) is 23.8. The number of carbonyl (C=O) groups excluding carboxylic acids is 1. The normalized spacial score (nSPS) is 51.8. The molecular formula is C47H78O18. The predicted molar refractivity (Wildman–Crippen MR) is 228 cm³/mol. The van der Waals surface area contributed by atoms with E-state index in [0.29, 0.717) is 44.9 Å². The summed E-state index contributed by atoms with van der Waals surface area (Å²) in [5.41, 5.74) is -2.97. The largest absolute Gasteiger partial charge is 0.394 e. The second-order valence-electron chi connectivity index (χ2n) is 22.1. The van der Waals surface area contributed by atoms with Gasteiger partial charge in [0.2, 0.25) is 0 Å². The van der Waals surface area contributed by atoms with Gasteiger partial charge in [0.1, 0.15) is 67.3 Å². The highest BCUT2D eigenvalue weighted by Crippen LogP contribution is 2.75. The summed E-state index contributed by atoms with van der Waals surface area (Å²) in [6.45, 7) is 12.8. The Morgan fingerprint density at radius 1 is 0.738 bits per heavy atom. The van der Waals surface area contributed by atoms with E-state index in [1.807, 2.05) is 19.9 Å². The van der Waals surface area contributed by atoms with Gasteiger partial charge in [-0.1, -0.05) is 39.3 Å². The molecule has 4 saturated carbocycles. The maximum absolute atomic E-state index is 14.0. The van der Waals surface area contributed by atoms with Crippen LogP contribution in [0.1, 0.15) is 106 Å². The van der Waals surface area contributed by atoms with Crippen molar-refractivity contribution in [3.8, 4) is 0 Å². The van der Waals surface area contributed by atoms with Crippen LogP contribution in [0.5, 0.6) is 0 Å². The molecule has 24 atom stereocenters. The Morgan fingerprint density at radius 3 is 2.06 bits per heavy atom. The molecule has 3 saturated heterocycles. The molecule has 4 aliphatic carbocycles. The van der Waals surface area contributed by atoms with E-state index in [1.165, 1.54) is 6.92 Å². The average molecular weight is 931 g/mol. The van der Waals surface area contributed by atoms with E-state index in [1.54, 1.807) is 0 Å². The molecule has 11 N–H and O–H groups in total. The fraction of sp³-hybridized carbons (Fsp3) is 0.936. The summed E-state index contributed by atoms with van der Waals surface area (Å²) in [7, 11) is 0. The van der Waals surface area contributed by atoms with Crippen LogP contribution in [0.2, 0.25) is 0 Å². The third-order valence-corrected chi connectivity index (χ3v) is 18.1. The highest BCUT2D eigenvalue weighted by molar-refractivity contribution is 5.62. The molecule has 7 aliphatic rings. The fourth-order valence-corrected chi connectivity index (χ4v) is 14.2. The molecule has 0 unspecified atom stereocenters. The number of ether oxygens (including phenoxy) is 6. The number of carbonyl (C=O) groups is 1. The summed E-state index contributed by atoms with van der Waals surface area (Å²) < 4.78 is 36.0. The minimum Gasteiger partial charge on any atom is -0.394 e. The zero-order valence-electron chi connectivity index (χ0n) is 39.0. The quantitative estimate of drug-likeness (QED) is 0.0647. The van der Waals surface area contributed by atoms with E-state index < -0.39 is 144 Å². The van der Waals surface area contributed by atoms with Gasteiger partial charge in [-0.15, -0.1) is 0 Å². The van der Waals surface area contributed by atoms with Crippen LogP contribution in [0, 0.1) is 45.3 Å². The summed E-state index contributed by atoms with van der Waals surface area (Å²) in [6.07, 6.45) is -13.8. The van der Waals surface area contributed by atoms with E-state index in [-0.39, 0.29) is 31.5 Å². The first-order valence-electron chi connectivity index (χ1n) is 23.8. The Hall–Kier alpha value is -1.27. The lowest BCUT2D eigenvalue weighted by molar-refractivity contribution is -0.364. The Labute approximate surface area is 381 Å². The van der Waals surface area contributed by atoms with Crippen molar-refractivity contribution in [3.63, 3.8) is 0 Å². The molecule has 65 heavy (non-hydrogen) atoms. The van der Waals surface area contributed by atoms with E-state index in [4.69, 9.17) is 28.4 Å². The number of hydrogen-bond donors (Lipinski definition) is 11. The van der Waals surface area contributed by atoms with Gasteiger partial charge in [0.15, 0.2) is 18.9 Å². The number of aliphatic hydroxyl groups excluding tert-OH is 10. The van der Waals surface area contributed by atoms with Crippen molar-refractivity contribution >= 4 is 6.29 Å². The van der Waals surface area contributed by atoms with Crippen molar-refractivity contribution in [2.75, 3.05) is 19.8 Å². The average Bonchev–Trinajstić information content (AvgIpc) is 3.65. The molecule has 0 spiro atoms. The summed E-state index contributed by atoms with van der Waals surface area (Å²) in [5, 5.41) is 120. The molecule has 7 rings (SSSR count). The number of allylic oxidation sites excluding steroid dienone is 2. The predicted octanol–water partition coefficient (Wildman–Crippen LogP) is -0.209. The first-order chi connectivity index (χ1) is 30.4. The number of aliphatic hydroxyl groups is 11. The Kier molecular flexibility index (Phi) is 15.2. The monoisotopic (exact) mass is 931 g/mol. The fourth-order valence-electron chi connectivity index (χ4n) is 14.2. The second-order valence-corrected chi connectivity index (χ2v) is 22.1. The van der Waals surface area contributed by atoms with Crippen LogP contribution in [0.3, 0.4) is 0 Å². The summed E-state index contributed by atoms with van der Waals surface area (Å²) in [5.74, 6) is -1.30. The zero-order valence-corrected chi connectivity index (χ0v) is 39.0. The number of aldehydes is 1. The van der Waals surface area contributed by atoms with Gasteiger partial charge in [0.25, 0.3) is 0 Å². The molecule has 3 heterocycles. The Balaban J connectivity index is 1.12. The highest BCUT2D eigenvalue weighted by Gasteiger charge is 2.73. The van der Waals surface area contributed by atoms with Crippen molar-refractivity contribution in [1.29, 1.82) is 0 Å². The molecule has 0 amide bonds. The standard InChI is InChI=1S/C47H78O18/c1-22(2)9-8-13-47(59,21-61-40-37(57)36(56)34(54)27(18-48)63-40)24-10-14-45(7)31(24)25(50)17-29-44(45,6)15-11-28-43(4,5)30(12-16-46(28,29)20-49)64-42-39(33(53)26(51)19-60-42)65-41-38(58)35(55)32(52)23(3)62-41/h9,20,23-42,48,50-59H,8,10-19,21H2,1-7H3/t23-,24-,25+,26-,27+,28+,29-,30+,31-,32-,33-,34+,35+,36-,37+,38+,39+,40+,41-,42+,44+,45+,46-,47+/m0/s1. The van der Waals surface area contributed by atoms with Crippen LogP contribution in [-0.4, -0.2) is 186 Å². The molecule has 0 aromatic rings. The van der Waals surface area contributed by atoms with Crippen LogP contribution in [-0.2, 0) is 33.2 Å². The van der Waals surface area contributed by atoms with Crippen molar-refractivity contribution in [3.05, 3.63) is 11.6 Å². The highest BCUT2D eigenvalue weighted by atomic mass is 16.8. The summed E-state index contributed by atoms with van der Waals surface area (Å²) >= 11 is 0. The van der Waals surface area contributed by atoms with Crippen molar-refractivity contribution < 1.29 is 89.4 Å². The van der Waals surface area contributed by atoms with Crippen LogP contribution < -0.4 is 0 Å². The van der Waals surface area contributed by atoms with Crippen molar-refractivity contribution in [2.24, 2.45) is 45.3 Å². The van der Waals surface area contributed by atoms with Gasteiger partial charge in [-0.05, 0) is 118 Å². The minimum atomic E-state index is -1.67. The number of rotatable bonds is 13. The van der Waals surface area contributed by atoms with E-state index in [2.05, 4.69) is 27.7 Å². The lowest BCUT2D eigenvalue weighted by Crippen LogP contribution is -2.68. The third kappa shape index (κ3) is 8.74. The van der Waals surface area contributed by atoms with Gasteiger partial charge in [-0.2, -0.15) is 0 Å². The maximum Gasteiger partial charge on any atom is 0.187 e. The van der Waals surface area contributed by atoms with E-state index in [0.717, 1.165) is 18.3 Å². The maximum atomic E-state index is 14.0. The third-order valence-electron chi connectivity index (χ3n) is 18.1. The van der Waals surface area contributed by atoms with Crippen molar-refractivity contribution in [2.45, 2.75) is 210 Å².